The highest BCUT2D eigenvalue weighted by Gasteiger charge is 2.05. The Hall–Kier alpha value is -1.86. The van der Waals surface area contributed by atoms with Crippen LogP contribution >= 0.6 is 11.6 Å². The number of nitrogens with one attached hydrogen (secondary N) is 1. The fourth-order valence-corrected chi connectivity index (χ4v) is 1.30. The molecular formula is C9H4ClN3O. The van der Waals surface area contributed by atoms with E-state index in [2.05, 4.69) is 9.97 Å². The molecule has 0 saturated carbocycles. The topological polar surface area (TPSA) is 69.5 Å². The lowest BCUT2D eigenvalue weighted by molar-refractivity contribution is 1.29. The summed E-state index contributed by atoms with van der Waals surface area (Å²) in [6.45, 7) is 0. The molecule has 0 saturated heterocycles. The average Bonchev–Trinajstić information content (AvgIpc) is 2.20. The predicted octanol–water partition coefficient (Wildman–Crippen LogP) is 1.45. The van der Waals surface area contributed by atoms with Crippen LogP contribution < -0.4 is 5.43 Å². The molecule has 0 amide bonds. The fraction of sp³-hybridized carbons (Fsp3) is 0. The molecule has 14 heavy (non-hydrogen) atoms. The lowest BCUT2D eigenvalue weighted by Crippen LogP contribution is -2.08. The normalized spacial score (nSPS) is 10.0. The third-order valence-corrected chi connectivity index (χ3v) is 2.02. The van der Waals surface area contributed by atoms with Crippen LogP contribution in [-0.2, 0) is 0 Å². The van der Waals surface area contributed by atoms with E-state index in [0.717, 1.165) is 0 Å². The van der Waals surface area contributed by atoms with Crippen molar-refractivity contribution < 1.29 is 0 Å². The first-order valence-electron chi connectivity index (χ1n) is 3.80. The maximum absolute atomic E-state index is 11.5. The minimum absolute atomic E-state index is 0.0345. The van der Waals surface area contributed by atoms with Crippen molar-refractivity contribution in [1.82, 2.24) is 9.97 Å². The van der Waals surface area contributed by atoms with Crippen molar-refractivity contribution in [2.75, 3.05) is 0 Å². The molecule has 0 aromatic carbocycles. The number of rotatable bonds is 0. The Labute approximate surface area is 83.8 Å². The maximum Gasteiger partial charge on any atom is 0.225 e. The minimum Gasteiger partial charge on any atom is -0.358 e. The van der Waals surface area contributed by atoms with Crippen molar-refractivity contribution >= 4 is 22.6 Å². The third-order valence-electron chi connectivity index (χ3n) is 1.81. The molecule has 0 spiro atoms. The molecule has 0 unspecified atom stereocenters. The van der Waals surface area contributed by atoms with E-state index >= 15 is 0 Å². The van der Waals surface area contributed by atoms with E-state index in [4.69, 9.17) is 16.9 Å². The zero-order valence-electron chi connectivity index (χ0n) is 6.91. The lowest BCUT2D eigenvalue weighted by Gasteiger charge is -1.96. The van der Waals surface area contributed by atoms with Gasteiger partial charge in [-0.2, -0.15) is 5.26 Å². The van der Waals surface area contributed by atoms with E-state index in [-0.39, 0.29) is 16.2 Å². The van der Waals surface area contributed by atoms with Crippen LogP contribution in [0.15, 0.2) is 23.1 Å². The van der Waals surface area contributed by atoms with Crippen LogP contribution in [-0.4, -0.2) is 9.97 Å². The van der Waals surface area contributed by atoms with E-state index in [1.165, 1.54) is 6.20 Å². The molecule has 0 aliphatic heterocycles. The monoisotopic (exact) mass is 205 g/mol. The number of hydrogen-bond acceptors (Lipinski definition) is 3. The summed E-state index contributed by atoms with van der Waals surface area (Å²) in [6, 6.07) is 5.00. The average molecular weight is 206 g/mol. The molecule has 2 aromatic rings. The number of aromatic amines is 1. The summed E-state index contributed by atoms with van der Waals surface area (Å²) < 4.78 is 0. The zero-order chi connectivity index (χ0) is 10.1. The Balaban J connectivity index is 2.96. The van der Waals surface area contributed by atoms with Gasteiger partial charge in [-0.15, -0.1) is 0 Å². The lowest BCUT2D eigenvalue weighted by atomic mass is 10.2. The van der Waals surface area contributed by atoms with Gasteiger partial charge < -0.3 is 4.98 Å². The standard InChI is InChI=1S/C9H4ClN3O/c10-7-2-1-6-8(13-7)9(14)5(3-11)4-12-6/h1-2,4H,(H,12,14). The summed E-state index contributed by atoms with van der Waals surface area (Å²) >= 11 is 5.64. The molecule has 0 radical (unpaired) electrons. The zero-order valence-corrected chi connectivity index (χ0v) is 7.67. The van der Waals surface area contributed by atoms with Crippen LogP contribution in [0.1, 0.15) is 5.56 Å². The summed E-state index contributed by atoms with van der Waals surface area (Å²) in [5.41, 5.74) is 0.394. The molecule has 0 atom stereocenters. The Kier molecular flexibility index (Phi) is 1.95. The van der Waals surface area contributed by atoms with Crippen molar-refractivity contribution in [3.63, 3.8) is 0 Å². The molecule has 68 valence electrons. The van der Waals surface area contributed by atoms with E-state index < -0.39 is 5.43 Å². The molecular weight excluding hydrogens is 202 g/mol. The molecule has 2 rings (SSSR count). The smallest absolute Gasteiger partial charge is 0.225 e. The number of nitrogens with zero attached hydrogens (tertiary/aromatic N) is 2. The molecule has 5 heteroatoms. The van der Waals surface area contributed by atoms with Gasteiger partial charge in [-0.1, -0.05) is 11.6 Å². The Morgan fingerprint density at radius 3 is 3.00 bits per heavy atom. The Morgan fingerprint density at radius 2 is 2.29 bits per heavy atom. The van der Waals surface area contributed by atoms with E-state index in [1.807, 2.05) is 0 Å². The van der Waals surface area contributed by atoms with Gasteiger partial charge in [0, 0.05) is 6.20 Å². The van der Waals surface area contributed by atoms with Crippen molar-refractivity contribution in [1.29, 1.82) is 5.26 Å². The molecule has 2 heterocycles. The van der Waals surface area contributed by atoms with Crippen molar-refractivity contribution in [2.24, 2.45) is 0 Å². The summed E-state index contributed by atoms with van der Waals surface area (Å²) in [5.74, 6) is 0. The minimum atomic E-state index is -0.399. The van der Waals surface area contributed by atoms with Crippen LogP contribution in [0.3, 0.4) is 0 Å². The van der Waals surface area contributed by atoms with Crippen molar-refractivity contribution in [2.45, 2.75) is 0 Å². The van der Waals surface area contributed by atoms with Gasteiger partial charge in [0.15, 0.2) is 0 Å². The molecule has 2 aromatic heterocycles. The second kappa shape index (κ2) is 3.13. The van der Waals surface area contributed by atoms with Crippen LogP contribution in [0, 0.1) is 11.3 Å². The first kappa shape index (κ1) is 8.73. The van der Waals surface area contributed by atoms with Gasteiger partial charge in [0.25, 0.3) is 0 Å². The largest absolute Gasteiger partial charge is 0.358 e. The van der Waals surface area contributed by atoms with Gasteiger partial charge in [-0.05, 0) is 12.1 Å². The summed E-state index contributed by atoms with van der Waals surface area (Å²) in [5, 5.41) is 8.85. The van der Waals surface area contributed by atoms with Gasteiger partial charge in [0.1, 0.15) is 22.3 Å². The Bertz CT molecular complexity index is 597. The van der Waals surface area contributed by atoms with Crippen LogP contribution in [0.25, 0.3) is 11.0 Å². The highest BCUT2D eigenvalue weighted by molar-refractivity contribution is 6.29. The van der Waals surface area contributed by atoms with Gasteiger partial charge >= 0.3 is 0 Å². The summed E-state index contributed by atoms with van der Waals surface area (Å²) in [6.07, 6.45) is 1.36. The Morgan fingerprint density at radius 1 is 1.50 bits per heavy atom. The second-order valence-corrected chi connectivity index (χ2v) is 3.06. The molecule has 0 aliphatic rings. The highest BCUT2D eigenvalue weighted by atomic mass is 35.5. The molecule has 1 N–H and O–H groups in total. The first-order chi connectivity index (χ1) is 6.72. The highest BCUT2D eigenvalue weighted by Crippen LogP contribution is 2.10. The number of hydrogen-bond donors (Lipinski definition) is 1. The summed E-state index contributed by atoms with van der Waals surface area (Å²) in [7, 11) is 0. The summed E-state index contributed by atoms with van der Waals surface area (Å²) in [4.78, 5) is 18.2. The third kappa shape index (κ3) is 1.24. The number of aromatic nitrogens is 2. The van der Waals surface area contributed by atoms with Crippen molar-refractivity contribution in [3.8, 4) is 6.07 Å². The van der Waals surface area contributed by atoms with Gasteiger partial charge in [0.2, 0.25) is 5.43 Å². The molecule has 0 fully saturated rings. The van der Waals surface area contributed by atoms with E-state index in [1.54, 1.807) is 18.2 Å². The number of fused-ring (bicyclic) bond motifs is 1. The maximum atomic E-state index is 11.5. The quantitative estimate of drug-likeness (QED) is 0.662. The molecule has 4 nitrogen and oxygen atoms in total. The number of halogens is 1. The number of H-pyrrole nitrogens is 1. The predicted molar refractivity (Wildman–Crippen MR) is 52.1 cm³/mol. The fourth-order valence-electron chi connectivity index (χ4n) is 1.15. The van der Waals surface area contributed by atoms with Gasteiger partial charge in [-0.25, -0.2) is 4.98 Å². The van der Waals surface area contributed by atoms with Gasteiger partial charge in [-0.3, -0.25) is 4.79 Å². The van der Waals surface area contributed by atoms with Crippen LogP contribution in [0.2, 0.25) is 5.15 Å². The number of pyridine rings is 2. The van der Waals surface area contributed by atoms with Crippen molar-refractivity contribution in [3.05, 3.63) is 39.3 Å². The van der Waals surface area contributed by atoms with E-state index in [0.29, 0.717) is 5.52 Å². The van der Waals surface area contributed by atoms with Crippen LogP contribution in [0.4, 0.5) is 0 Å². The van der Waals surface area contributed by atoms with E-state index in [9.17, 15) is 4.79 Å². The SMILES string of the molecule is N#Cc1c[nH]c2ccc(Cl)nc2c1=O. The second-order valence-electron chi connectivity index (χ2n) is 2.67. The molecule has 0 bridgehead atoms. The van der Waals surface area contributed by atoms with Gasteiger partial charge in [0.05, 0.1) is 5.52 Å². The van der Waals surface area contributed by atoms with Crippen LogP contribution in [0.5, 0.6) is 0 Å². The molecule has 0 aliphatic carbocycles. The first-order valence-corrected chi connectivity index (χ1v) is 4.18. The number of nitriles is 1.